The number of ether oxygens (including phenoxy) is 1. The van der Waals surface area contributed by atoms with Crippen LogP contribution in [-0.4, -0.2) is 67.1 Å². The maximum absolute atomic E-state index is 12.5. The molecule has 2 aliphatic heterocycles. The number of rotatable bonds is 5. The minimum Gasteiger partial charge on any atom is -0.383 e. The van der Waals surface area contributed by atoms with E-state index in [0.717, 1.165) is 51.4 Å². The van der Waals surface area contributed by atoms with Gasteiger partial charge in [0.15, 0.2) is 0 Å². The van der Waals surface area contributed by atoms with Crippen LogP contribution in [-0.2, 0) is 11.2 Å². The van der Waals surface area contributed by atoms with Crippen molar-refractivity contribution in [1.29, 1.82) is 0 Å². The zero-order valence-corrected chi connectivity index (χ0v) is 13.5. The zero-order valence-electron chi connectivity index (χ0n) is 13.5. The van der Waals surface area contributed by atoms with Crippen molar-refractivity contribution in [2.24, 2.45) is 5.41 Å². The highest BCUT2D eigenvalue weighted by Crippen LogP contribution is 2.39. The Hall–Kier alpha value is -1.46. The van der Waals surface area contributed by atoms with E-state index in [1.165, 1.54) is 6.42 Å². The predicted octanol–water partition coefficient (Wildman–Crippen LogP) is 1.44. The summed E-state index contributed by atoms with van der Waals surface area (Å²) in [5.41, 5.74) is 2.06. The maximum atomic E-state index is 12.5. The molecule has 0 aromatic carbocycles. The number of carbonyl (C=O) groups excluding carboxylic acids is 1. The minimum atomic E-state index is 0.121. The number of nitrogens with zero attached hydrogens (tertiary/aromatic N) is 3. The Labute approximate surface area is 132 Å². The zero-order chi connectivity index (χ0) is 15.6. The van der Waals surface area contributed by atoms with Crippen molar-refractivity contribution in [3.8, 4) is 0 Å². The van der Waals surface area contributed by atoms with Crippen molar-refractivity contribution < 1.29 is 9.53 Å². The molecule has 0 atom stereocenters. The summed E-state index contributed by atoms with van der Waals surface area (Å²) in [4.78, 5) is 21.2. The summed E-state index contributed by atoms with van der Waals surface area (Å²) in [5, 5.41) is 0. The van der Waals surface area contributed by atoms with Crippen molar-refractivity contribution in [1.82, 2.24) is 14.8 Å². The number of carbonyl (C=O) groups is 1. The van der Waals surface area contributed by atoms with Crippen molar-refractivity contribution in [2.45, 2.75) is 19.8 Å². The van der Waals surface area contributed by atoms with Gasteiger partial charge in [-0.25, -0.2) is 0 Å². The average Bonchev–Trinajstić information content (AvgIpc) is 2.95. The number of aromatic nitrogens is 1. The topological polar surface area (TPSA) is 45.7 Å². The lowest BCUT2D eigenvalue weighted by Crippen LogP contribution is -2.59. The van der Waals surface area contributed by atoms with Crippen LogP contribution in [0.25, 0.3) is 0 Å². The van der Waals surface area contributed by atoms with Crippen molar-refractivity contribution >= 4 is 5.91 Å². The fourth-order valence-electron chi connectivity index (χ4n) is 3.55. The molecular formula is C17H25N3O2. The minimum absolute atomic E-state index is 0.121. The molecule has 22 heavy (non-hydrogen) atoms. The number of hydrogen-bond donors (Lipinski definition) is 0. The molecule has 0 radical (unpaired) electrons. The van der Waals surface area contributed by atoms with Gasteiger partial charge in [0.05, 0.1) is 12.2 Å². The van der Waals surface area contributed by atoms with E-state index in [4.69, 9.17) is 4.74 Å². The van der Waals surface area contributed by atoms with E-state index in [1.807, 2.05) is 17.0 Å². The van der Waals surface area contributed by atoms with Gasteiger partial charge in [-0.1, -0.05) is 6.92 Å². The second-order valence-corrected chi connectivity index (χ2v) is 6.57. The van der Waals surface area contributed by atoms with Crippen LogP contribution >= 0.6 is 0 Å². The summed E-state index contributed by atoms with van der Waals surface area (Å²) in [5.74, 6) is 0.121. The standard InChI is InChI=1S/C17H25N3O2/c1-3-15-5-4-14(10-18-15)16(21)20-12-17(13-20)6-7-19(11-17)8-9-22-2/h4-5,10H,3,6-9,11-13H2,1-2H3. The molecule has 3 rings (SSSR count). The van der Waals surface area contributed by atoms with Gasteiger partial charge in [-0.3, -0.25) is 9.78 Å². The summed E-state index contributed by atoms with van der Waals surface area (Å²) >= 11 is 0. The van der Waals surface area contributed by atoms with Gasteiger partial charge in [0.1, 0.15) is 0 Å². The summed E-state index contributed by atoms with van der Waals surface area (Å²) < 4.78 is 5.15. The number of pyridine rings is 1. The van der Waals surface area contributed by atoms with E-state index in [0.29, 0.717) is 11.0 Å². The molecule has 2 aliphatic rings. The molecule has 0 N–H and O–H groups in total. The van der Waals surface area contributed by atoms with E-state index in [1.54, 1.807) is 13.3 Å². The highest BCUT2D eigenvalue weighted by Gasteiger charge is 2.49. The van der Waals surface area contributed by atoms with Gasteiger partial charge in [-0.2, -0.15) is 0 Å². The normalized spacial score (nSPS) is 20.4. The molecule has 1 spiro atoms. The summed E-state index contributed by atoms with van der Waals surface area (Å²) in [6, 6.07) is 3.85. The van der Waals surface area contributed by atoms with E-state index in [-0.39, 0.29) is 5.91 Å². The number of aryl methyl sites for hydroxylation is 1. The lowest BCUT2D eigenvalue weighted by atomic mass is 9.79. The lowest BCUT2D eigenvalue weighted by Gasteiger charge is -2.48. The third kappa shape index (κ3) is 3.01. The van der Waals surface area contributed by atoms with Crippen LogP contribution < -0.4 is 0 Å². The van der Waals surface area contributed by atoms with Gasteiger partial charge >= 0.3 is 0 Å². The van der Waals surface area contributed by atoms with Gasteiger partial charge in [0.25, 0.3) is 5.91 Å². The Kier molecular flexibility index (Phi) is 4.45. The monoisotopic (exact) mass is 303 g/mol. The summed E-state index contributed by atoms with van der Waals surface area (Å²) in [7, 11) is 1.74. The molecule has 0 unspecified atom stereocenters. The average molecular weight is 303 g/mol. The van der Waals surface area contributed by atoms with Crippen LogP contribution in [0.3, 0.4) is 0 Å². The van der Waals surface area contributed by atoms with Crippen molar-refractivity contribution in [2.75, 3.05) is 46.4 Å². The molecule has 3 heterocycles. The number of methoxy groups -OCH3 is 1. The van der Waals surface area contributed by atoms with Gasteiger partial charge in [-0.05, 0) is 31.5 Å². The van der Waals surface area contributed by atoms with Crippen LogP contribution in [0.4, 0.5) is 0 Å². The smallest absolute Gasteiger partial charge is 0.255 e. The fraction of sp³-hybridized carbons (Fsp3) is 0.647. The Morgan fingerprint density at radius 3 is 2.82 bits per heavy atom. The highest BCUT2D eigenvalue weighted by atomic mass is 16.5. The maximum Gasteiger partial charge on any atom is 0.255 e. The molecule has 1 aromatic heterocycles. The van der Waals surface area contributed by atoms with Crippen molar-refractivity contribution in [3.05, 3.63) is 29.6 Å². The third-order valence-electron chi connectivity index (χ3n) is 4.90. The van der Waals surface area contributed by atoms with E-state index in [9.17, 15) is 4.79 Å². The molecule has 2 saturated heterocycles. The molecule has 5 heteroatoms. The van der Waals surface area contributed by atoms with Crippen LogP contribution in [0.5, 0.6) is 0 Å². The Balaban J connectivity index is 1.53. The Morgan fingerprint density at radius 2 is 2.18 bits per heavy atom. The molecule has 5 nitrogen and oxygen atoms in total. The van der Waals surface area contributed by atoms with Crippen LogP contribution in [0.2, 0.25) is 0 Å². The van der Waals surface area contributed by atoms with Gasteiger partial charge in [0, 0.05) is 50.6 Å². The SMILES string of the molecule is CCc1ccc(C(=O)N2CC3(CCN(CCOC)C3)C2)cn1. The molecule has 120 valence electrons. The largest absolute Gasteiger partial charge is 0.383 e. The Bertz CT molecular complexity index is 523. The Morgan fingerprint density at radius 1 is 1.36 bits per heavy atom. The van der Waals surface area contributed by atoms with Crippen LogP contribution in [0, 0.1) is 5.41 Å². The first-order valence-corrected chi connectivity index (χ1v) is 8.11. The molecule has 2 fully saturated rings. The molecular weight excluding hydrogens is 278 g/mol. The molecule has 0 aliphatic carbocycles. The van der Waals surface area contributed by atoms with Crippen LogP contribution in [0.15, 0.2) is 18.3 Å². The molecule has 1 amide bonds. The molecule has 1 aromatic rings. The fourth-order valence-corrected chi connectivity index (χ4v) is 3.55. The quantitative estimate of drug-likeness (QED) is 0.826. The van der Waals surface area contributed by atoms with E-state index < -0.39 is 0 Å². The summed E-state index contributed by atoms with van der Waals surface area (Å²) in [6.45, 7) is 7.82. The first-order valence-electron chi connectivity index (χ1n) is 8.11. The number of hydrogen-bond acceptors (Lipinski definition) is 4. The lowest BCUT2D eigenvalue weighted by molar-refractivity contribution is 0.00967. The van der Waals surface area contributed by atoms with Crippen molar-refractivity contribution in [3.63, 3.8) is 0 Å². The number of likely N-dealkylation sites (tertiary alicyclic amines) is 2. The number of amides is 1. The van der Waals surface area contributed by atoms with E-state index in [2.05, 4.69) is 16.8 Å². The predicted molar refractivity (Wildman–Crippen MR) is 84.9 cm³/mol. The second-order valence-electron chi connectivity index (χ2n) is 6.57. The highest BCUT2D eigenvalue weighted by molar-refractivity contribution is 5.94. The molecule has 0 saturated carbocycles. The second kappa shape index (κ2) is 6.34. The van der Waals surface area contributed by atoms with E-state index >= 15 is 0 Å². The molecule has 0 bridgehead atoms. The van der Waals surface area contributed by atoms with Gasteiger partial charge in [0.2, 0.25) is 0 Å². The van der Waals surface area contributed by atoms with Crippen LogP contribution in [0.1, 0.15) is 29.4 Å². The first-order chi connectivity index (χ1) is 10.7. The first kappa shape index (κ1) is 15.4. The third-order valence-corrected chi connectivity index (χ3v) is 4.90. The van der Waals surface area contributed by atoms with Gasteiger partial charge < -0.3 is 14.5 Å². The summed E-state index contributed by atoms with van der Waals surface area (Å²) in [6.07, 6.45) is 3.80. The van der Waals surface area contributed by atoms with Gasteiger partial charge in [-0.15, -0.1) is 0 Å².